The fraction of sp³-hybridized carbons (Fsp3) is 0.400. The molecule has 0 radical (unpaired) electrons. The van der Waals surface area contributed by atoms with Crippen LogP contribution in [-0.4, -0.2) is 11.7 Å². The van der Waals surface area contributed by atoms with E-state index in [-0.39, 0.29) is 5.75 Å². The van der Waals surface area contributed by atoms with Gasteiger partial charge in [-0.1, -0.05) is 22.9 Å². The largest absolute Gasteiger partial charge is 0.508 e. The first-order chi connectivity index (χ1) is 6.15. The van der Waals surface area contributed by atoms with Crippen molar-refractivity contribution in [3.8, 4) is 11.5 Å². The molecule has 1 aromatic carbocycles. The molecule has 1 rings (SSSR count). The zero-order valence-corrected chi connectivity index (χ0v) is 9.39. The number of ether oxygens (including phenoxy) is 1. The summed E-state index contributed by atoms with van der Waals surface area (Å²) < 4.78 is 6.29. The van der Waals surface area contributed by atoms with Crippen LogP contribution < -0.4 is 4.74 Å². The number of phenolic OH excluding ortho intramolecular Hbond substituents is 1. The quantitative estimate of drug-likeness (QED) is 0.885. The summed E-state index contributed by atoms with van der Waals surface area (Å²) in [6.07, 6.45) is 0.965. The molecule has 0 unspecified atom stereocenters. The predicted molar refractivity (Wildman–Crippen MR) is 56.3 cm³/mol. The van der Waals surface area contributed by atoms with Gasteiger partial charge in [-0.3, -0.25) is 0 Å². The van der Waals surface area contributed by atoms with Crippen molar-refractivity contribution in [2.45, 2.75) is 20.3 Å². The zero-order chi connectivity index (χ0) is 9.84. The molecule has 0 atom stereocenters. The third kappa shape index (κ3) is 2.62. The third-order valence-corrected chi connectivity index (χ3v) is 2.22. The van der Waals surface area contributed by atoms with Crippen LogP contribution in [0.5, 0.6) is 11.5 Å². The highest BCUT2D eigenvalue weighted by atomic mass is 79.9. The van der Waals surface area contributed by atoms with Gasteiger partial charge in [0.1, 0.15) is 11.5 Å². The highest BCUT2D eigenvalue weighted by molar-refractivity contribution is 9.10. The molecule has 3 heteroatoms. The van der Waals surface area contributed by atoms with Crippen molar-refractivity contribution in [3.63, 3.8) is 0 Å². The van der Waals surface area contributed by atoms with E-state index in [1.807, 2.05) is 19.9 Å². The van der Waals surface area contributed by atoms with Crippen molar-refractivity contribution in [1.82, 2.24) is 0 Å². The van der Waals surface area contributed by atoms with E-state index in [1.165, 1.54) is 0 Å². The Labute approximate surface area is 86.7 Å². The first-order valence-electron chi connectivity index (χ1n) is 4.27. The van der Waals surface area contributed by atoms with E-state index >= 15 is 0 Å². The molecule has 0 spiro atoms. The Balaban J connectivity index is 2.92. The lowest BCUT2D eigenvalue weighted by molar-refractivity contribution is 0.312. The van der Waals surface area contributed by atoms with Crippen LogP contribution in [0.1, 0.15) is 18.9 Å². The fourth-order valence-electron chi connectivity index (χ4n) is 1.00. The van der Waals surface area contributed by atoms with Crippen LogP contribution in [0.3, 0.4) is 0 Å². The van der Waals surface area contributed by atoms with Gasteiger partial charge in [0.25, 0.3) is 0 Å². The summed E-state index contributed by atoms with van der Waals surface area (Å²) in [6, 6.07) is 3.53. The molecule has 0 bridgehead atoms. The summed E-state index contributed by atoms with van der Waals surface area (Å²) >= 11 is 3.30. The summed E-state index contributed by atoms with van der Waals surface area (Å²) in [6.45, 7) is 4.57. The minimum Gasteiger partial charge on any atom is -0.508 e. The van der Waals surface area contributed by atoms with Gasteiger partial charge in [-0.25, -0.2) is 0 Å². The molecule has 0 fully saturated rings. The third-order valence-electron chi connectivity index (χ3n) is 1.76. The van der Waals surface area contributed by atoms with Crippen molar-refractivity contribution >= 4 is 15.9 Å². The molecule has 0 saturated carbocycles. The van der Waals surface area contributed by atoms with E-state index in [0.717, 1.165) is 22.2 Å². The Morgan fingerprint density at radius 1 is 1.46 bits per heavy atom. The molecule has 72 valence electrons. The maximum Gasteiger partial charge on any atom is 0.127 e. The van der Waals surface area contributed by atoms with Crippen LogP contribution in [0.2, 0.25) is 0 Å². The number of hydrogen-bond donors (Lipinski definition) is 1. The smallest absolute Gasteiger partial charge is 0.127 e. The Hall–Kier alpha value is -0.700. The van der Waals surface area contributed by atoms with Gasteiger partial charge in [0, 0.05) is 10.0 Å². The van der Waals surface area contributed by atoms with Gasteiger partial charge in [-0.2, -0.15) is 0 Å². The van der Waals surface area contributed by atoms with Crippen molar-refractivity contribution in [2.75, 3.05) is 6.61 Å². The second-order valence-corrected chi connectivity index (χ2v) is 3.81. The minimum atomic E-state index is 0.264. The molecule has 1 N–H and O–H groups in total. The molecular formula is C10H13BrO2. The lowest BCUT2D eigenvalue weighted by Crippen LogP contribution is -1.96. The maximum atomic E-state index is 9.47. The maximum absolute atomic E-state index is 9.47. The van der Waals surface area contributed by atoms with Crippen LogP contribution in [0.4, 0.5) is 0 Å². The fourth-order valence-corrected chi connectivity index (χ4v) is 1.43. The molecule has 0 amide bonds. The number of phenols is 1. The average Bonchev–Trinajstić information content (AvgIpc) is 2.09. The van der Waals surface area contributed by atoms with Gasteiger partial charge in [0.2, 0.25) is 0 Å². The van der Waals surface area contributed by atoms with Crippen molar-refractivity contribution in [3.05, 3.63) is 22.2 Å². The zero-order valence-electron chi connectivity index (χ0n) is 7.80. The van der Waals surface area contributed by atoms with Crippen molar-refractivity contribution < 1.29 is 9.84 Å². The first-order valence-corrected chi connectivity index (χ1v) is 5.06. The molecular weight excluding hydrogens is 232 g/mol. The Morgan fingerprint density at radius 2 is 2.15 bits per heavy atom. The Kier molecular flexibility index (Phi) is 3.60. The van der Waals surface area contributed by atoms with Crippen LogP contribution >= 0.6 is 15.9 Å². The van der Waals surface area contributed by atoms with E-state index in [1.54, 1.807) is 6.07 Å². The highest BCUT2D eigenvalue weighted by Crippen LogP contribution is 2.31. The van der Waals surface area contributed by atoms with E-state index in [0.29, 0.717) is 6.61 Å². The van der Waals surface area contributed by atoms with Gasteiger partial charge in [-0.15, -0.1) is 0 Å². The number of aromatic hydroxyl groups is 1. The second kappa shape index (κ2) is 4.51. The van der Waals surface area contributed by atoms with Crippen LogP contribution in [0.25, 0.3) is 0 Å². The van der Waals surface area contributed by atoms with Gasteiger partial charge < -0.3 is 9.84 Å². The molecule has 1 aromatic rings. The topological polar surface area (TPSA) is 29.5 Å². The summed E-state index contributed by atoms with van der Waals surface area (Å²) in [5.41, 5.74) is 0.789. The van der Waals surface area contributed by atoms with Crippen molar-refractivity contribution in [2.24, 2.45) is 0 Å². The number of rotatable bonds is 3. The molecule has 0 aliphatic carbocycles. The van der Waals surface area contributed by atoms with Gasteiger partial charge in [0.05, 0.1) is 6.61 Å². The normalized spacial score (nSPS) is 10.1. The lowest BCUT2D eigenvalue weighted by atomic mass is 10.2. The van der Waals surface area contributed by atoms with Gasteiger partial charge in [0.15, 0.2) is 0 Å². The number of hydrogen-bond acceptors (Lipinski definition) is 2. The van der Waals surface area contributed by atoms with E-state index in [9.17, 15) is 5.11 Å². The molecule has 2 nitrogen and oxygen atoms in total. The number of halogens is 1. The Morgan fingerprint density at radius 3 is 2.77 bits per heavy atom. The van der Waals surface area contributed by atoms with E-state index in [2.05, 4.69) is 15.9 Å². The van der Waals surface area contributed by atoms with Crippen molar-refractivity contribution in [1.29, 1.82) is 0 Å². The van der Waals surface area contributed by atoms with E-state index < -0.39 is 0 Å². The summed E-state index contributed by atoms with van der Waals surface area (Å²) in [7, 11) is 0. The lowest BCUT2D eigenvalue weighted by Gasteiger charge is -2.09. The molecule has 0 aliphatic heterocycles. The second-order valence-electron chi connectivity index (χ2n) is 2.90. The van der Waals surface area contributed by atoms with Gasteiger partial charge in [-0.05, 0) is 25.5 Å². The molecule has 0 aliphatic rings. The summed E-state index contributed by atoms with van der Waals surface area (Å²) in [5.74, 6) is 1.01. The highest BCUT2D eigenvalue weighted by Gasteiger charge is 2.05. The van der Waals surface area contributed by atoms with Crippen LogP contribution in [0.15, 0.2) is 16.6 Å². The molecule has 0 saturated heterocycles. The predicted octanol–water partition coefficient (Wildman–Crippen LogP) is 3.25. The summed E-state index contributed by atoms with van der Waals surface area (Å²) in [5, 5.41) is 9.47. The molecule has 0 aromatic heterocycles. The molecule has 0 heterocycles. The van der Waals surface area contributed by atoms with Crippen LogP contribution in [0, 0.1) is 6.92 Å². The minimum absolute atomic E-state index is 0.264. The monoisotopic (exact) mass is 244 g/mol. The first kappa shape index (κ1) is 10.4. The molecule has 13 heavy (non-hydrogen) atoms. The number of benzene rings is 1. The van der Waals surface area contributed by atoms with Gasteiger partial charge >= 0.3 is 0 Å². The van der Waals surface area contributed by atoms with E-state index in [4.69, 9.17) is 4.74 Å². The standard InChI is InChI=1S/C10H13BrO2/c1-3-4-13-10-6-8(11)5-9(12)7(10)2/h5-6,12H,3-4H2,1-2H3. The van der Waals surface area contributed by atoms with Crippen LogP contribution in [-0.2, 0) is 0 Å². The SMILES string of the molecule is CCCOc1cc(Br)cc(O)c1C. The Bertz CT molecular complexity index is 297. The summed E-state index contributed by atoms with van der Waals surface area (Å²) in [4.78, 5) is 0. The average molecular weight is 245 g/mol.